The highest BCUT2D eigenvalue weighted by molar-refractivity contribution is 4.98. The zero-order chi connectivity index (χ0) is 41.3. The van der Waals surface area contributed by atoms with Gasteiger partial charge in [-0.2, -0.15) is 0 Å². The van der Waals surface area contributed by atoms with Crippen LogP contribution in [-0.2, 0) is 42.6 Å². The van der Waals surface area contributed by atoms with Gasteiger partial charge in [-0.05, 0) is 0 Å². The highest BCUT2D eigenvalue weighted by atomic mass is 16.8. The van der Waals surface area contributed by atoms with Crippen LogP contribution in [0.15, 0.2) is 0 Å². The molecule has 328 valence electrons. The molecule has 25 atom stereocenters. The van der Waals surface area contributed by atoms with Crippen LogP contribution in [-0.4, -0.2) is 273 Å². The number of aliphatic hydroxyl groups is 17. The average Bonchev–Trinajstić information content (AvgIpc) is 3.19. The molecule has 0 saturated carbocycles. The predicted octanol–water partition coefficient (Wildman–Crippen LogP) is -11.9. The van der Waals surface area contributed by atoms with Crippen LogP contribution >= 0.6 is 0 Å². The molecule has 0 unspecified atom stereocenters. The van der Waals surface area contributed by atoms with E-state index in [1.54, 1.807) is 0 Å². The maximum atomic E-state index is 11.3. The molecule has 5 rings (SSSR count). The largest absolute Gasteiger partial charge is 0.394 e. The summed E-state index contributed by atoms with van der Waals surface area (Å²) in [5.74, 6) is 0. The zero-order valence-electron chi connectivity index (χ0n) is 29.2. The second-order valence-electron chi connectivity index (χ2n) is 13.9. The molecule has 0 amide bonds. The van der Waals surface area contributed by atoms with E-state index in [1.165, 1.54) is 0 Å². The quantitative estimate of drug-likeness (QED) is 0.0819. The van der Waals surface area contributed by atoms with Gasteiger partial charge in [0.05, 0.1) is 33.0 Å². The Balaban J connectivity index is 1.45. The Bertz CT molecular complexity index is 1210. The van der Waals surface area contributed by atoms with E-state index in [-0.39, 0.29) is 0 Å². The van der Waals surface area contributed by atoms with Crippen LogP contribution in [0.3, 0.4) is 0 Å². The lowest BCUT2D eigenvalue weighted by Crippen LogP contribution is -2.68. The summed E-state index contributed by atoms with van der Waals surface area (Å²) in [6.07, 6.45) is -48.2. The molecule has 26 nitrogen and oxygen atoms in total. The van der Waals surface area contributed by atoms with Gasteiger partial charge in [0.15, 0.2) is 31.5 Å². The number of rotatable bonds is 13. The van der Waals surface area contributed by atoms with Crippen LogP contribution < -0.4 is 0 Å². The summed E-state index contributed by atoms with van der Waals surface area (Å²) in [5.41, 5.74) is 0. The first kappa shape index (κ1) is 46.0. The lowest BCUT2D eigenvalue weighted by molar-refractivity contribution is -0.412. The molecular formula is C30H52O26. The van der Waals surface area contributed by atoms with Crippen molar-refractivity contribution in [1.82, 2.24) is 0 Å². The van der Waals surface area contributed by atoms with E-state index < -0.39 is 187 Å². The summed E-state index contributed by atoms with van der Waals surface area (Å²) in [5, 5.41) is 177. The maximum Gasteiger partial charge on any atom is 0.187 e. The molecule has 0 aromatic rings. The highest BCUT2D eigenvalue weighted by Crippen LogP contribution is 2.36. The van der Waals surface area contributed by atoms with E-state index >= 15 is 0 Å². The van der Waals surface area contributed by atoms with Crippen molar-refractivity contribution in [3.63, 3.8) is 0 Å². The van der Waals surface area contributed by atoms with Crippen molar-refractivity contribution >= 4 is 0 Å². The SMILES string of the molecule is OC[C@H]1O[C@@H](O[C@H]2[C@H](O[C@H]3[C@H](O[C@H]4[C@H](O[C@@H]5[C@@H](O)[C@H](O)[C@@H](CO)O[C@H]5O)O[C@H](CO)[C@@H](O)[C@@H]4O)O[C@H](CO)[C@@H](O)[C@@H]3O)O[C@H](CO)[C@@H](O)[C@@H]2O)[C@H](O)[C@@H](O)[C@@H]1O. The molecule has 5 fully saturated rings. The minimum atomic E-state index is -2.16. The second-order valence-corrected chi connectivity index (χ2v) is 13.9. The molecule has 0 aromatic heterocycles. The first-order valence-corrected chi connectivity index (χ1v) is 17.6. The topological polar surface area (TPSA) is 427 Å². The van der Waals surface area contributed by atoms with E-state index in [9.17, 15) is 86.8 Å². The summed E-state index contributed by atoms with van der Waals surface area (Å²) in [6, 6.07) is 0. The van der Waals surface area contributed by atoms with E-state index in [0.29, 0.717) is 0 Å². The van der Waals surface area contributed by atoms with Crippen LogP contribution in [0.4, 0.5) is 0 Å². The summed E-state index contributed by atoms with van der Waals surface area (Å²) in [7, 11) is 0. The second kappa shape index (κ2) is 19.6. The van der Waals surface area contributed by atoms with Gasteiger partial charge in [-0.15, -0.1) is 0 Å². The van der Waals surface area contributed by atoms with E-state index in [2.05, 4.69) is 0 Å². The fourth-order valence-corrected chi connectivity index (χ4v) is 6.95. The van der Waals surface area contributed by atoms with Crippen LogP contribution in [0.25, 0.3) is 0 Å². The molecule has 0 aliphatic carbocycles. The molecule has 17 N–H and O–H groups in total. The fraction of sp³-hybridized carbons (Fsp3) is 1.00. The fourth-order valence-electron chi connectivity index (χ4n) is 6.95. The van der Waals surface area contributed by atoms with Crippen molar-refractivity contribution < 1.29 is 129 Å². The normalized spacial score (nSPS) is 53.2. The van der Waals surface area contributed by atoms with Gasteiger partial charge in [-0.25, -0.2) is 0 Å². The Morgan fingerprint density at radius 3 is 0.857 bits per heavy atom. The maximum absolute atomic E-state index is 11.3. The Labute approximate surface area is 316 Å². The van der Waals surface area contributed by atoms with Crippen molar-refractivity contribution in [3.8, 4) is 0 Å². The Hall–Kier alpha value is -1.04. The Kier molecular flexibility index (Phi) is 16.1. The summed E-state index contributed by atoms with van der Waals surface area (Å²) < 4.78 is 50.2. The first-order valence-electron chi connectivity index (χ1n) is 17.6. The van der Waals surface area contributed by atoms with Crippen molar-refractivity contribution in [2.75, 3.05) is 33.0 Å². The summed E-state index contributed by atoms with van der Waals surface area (Å²) in [6.45, 7) is -4.60. The van der Waals surface area contributed by atoms with E-state index in [4.69, 9.17) is 42.6 Å². The Morgan fingerprint density at radius 1 is 0.268 bits per heavy atom. The summed E-state index contributed by atoms with van der Waals surface area (Å²) >= 11 is 0. The molecule has 5 saturated heterocycles. The third-order valence-electron chi connectivity index (χ3n) is 10.3. The molecule has 5 heterocycles. The van der Waals surface area contributed by atoms with Crippen molar-refractivity contribution in [3.05, 3.63) is 0 Å². The smallest absolute Gasteiger partial charge is 0.187 e. The predicted molar refractivity (Wildman–Crippen MR) is 167 cm³/mol. The Morgan fingerprint density at radius 2 is 0.518 bits per heavy atom. The third-order valence-corrected chi connectivity index (χ3v) is 10.3. The minimum absolute atomic E-state index is 0.833. The molecule has 0 spiro atoms. The van der Waals surface area contributed by atoms with E-state index in [0.717, 1.165) is 0 Å². The van der Waals surface area contributed by atoms with E-state index in [1.807, 2.05) is 0 Å². The van der Waals surface area contributed by atoms with Gasteiger partial charge in [0.2, 0.25) is 0 Å². The number of ether oxygens (including phenoxy) is 9. The van der Waals surface area contributed by atoms with Gasteiger partial charge in [-0.1, -0.05) is 0 Å². The highest BCUT2D eigenvalue weighted by Gasteiger charge is 2.57. The molecule has 56 heavy (non-hydrogen) atoms. The lowest BCUT2D eigenvalue weighted by Gasteiger charge is -2.50. The first-order chi connectivity index (χ1) is 26.5. The van der Waals surface area contributed by atoms with Gasteiger partial charge in [0.1, 0.15) is 122 Å². The van der Waals surface area contributed by atoms with Gasteiger partial charge in [0.25, 0.3) is 0 Å². The summed E-state index contributed by atoms with van der Waals surface area (Å²) in [4.78, 5) is 0. The van der Waals surface area contributed by atoms with Crippen molar-refractivity contribution in [2.24, 2.45) is 0 Å². The zero-order valence-corrected chi connectivity index (χ0v) is 29.2. The van der Waals surface area contributed by atoms with Crippen molar-refractivity contribution in [2.45, 2.75) is 154 Å². The van der Waals surface area contributed by atoms with Gasteiger partial charge in [0, 0.05) is 0 Å². The van der Waals surface area contributed by atoms with Crippen LogP contribution in [0.1, 0.15) is 0 Å². The van der Waals surface area contributed by atoms with Gasteiger partial charge >= 0.3 is 0 Å². The molecule has 26 heteroatoms. The average molecular weight is 829 g/mol. The molecule has 0 aromatic carbocycles. The third kappa shape index (κ3) is 9.16. The number of hydrogen-bond donors (Lipinski definition) is 17. The molecule has 5 aliphatic rings. The monoisotopic (exact) mass is 828 g/mol. The minimum Gasteiger partial charge on any atom is -0.394 e. The van der Waals surface area contributed by atoms with Gasteiger partial charge < -0.3 is 129 Å². The van der Waals surface area contributed by atoms with Crippen LogP contribution in [0.2, 0.25) is 0 Å². The van der Waals surface area contributed by atoms with Crippen LogP contribution in [0, 0.1) is 0 Å². The van der Waals surface area contributed by atoms with Crippen LogP contribution in [0.5, 0.6) is 0 Å². The number of hydrogen-bond acceptors (Lipinski definition) is 26. The standard InChI is InChI=1S/C30H52O26/c31-1-6-12(37)17(42)22(26(47)48-6)53-28-24(19(44)14(39)8(3-33)50-28)55-30-25(20(45)15(40)10(5-35)52-30)56-29-23(18(43)13(38)9(4-34)51-29)54-27-21(46)16(41)11(36)7(2-32)49-27/h6-47H,1-5H2/t6-,7-,8-,9-,10-,11-,12-,13-,14-,15-,16+,17+,18+,19+,20+,21-,22-,23-,24-,25-,26-,27+,28+,29+,30+/m1/s1. The molecule has 0 bridgehead atoms. The number of aliphatic hydroxyl groups excluding tert-OH is 17. The molecular weight excluding hydrogens is 776 g/mol. The van der Waals surface area contributed by atoms with Gasteiger partial charge in [-0.3, -0.25) is 0 Å². The van der Waals surface area contributed by atoms with Crippen molar-refractivity contribution in [1.29, 1.82) is 0 Å². The lowest BCUT2D eigenvalue weighted by atomic mass is 9.95. The molecule has 0 radical (unpaired) electrons. The molecule has 5 aliphatic heterocycles.